The van der Waals surface area contributed by atoms with Crippen molar-refractivity contribution in [3.8, 4) is 0 Å². The van der Waals surface area contributed by atoms with Crippen LogP contribution in [0.25, 0.3) is 0 Å². The molecule has 0 radical (unpaired) electrons. The van der Waals surface area contributed by atoms with Crippen LogP contribution in [0.4, 0.5) is 0 Å². The van der Waals surface area contributed by atoms with Gasteiger partial charge in [0.15, 0.2) is 0 Å². The Morgan fingerprint density at radius 1 is 1.26 bits per heavy atom. The number of hydrogen-bond acceptors (Lipinski definition) is 0. The first kappa shape index (κ1) is 20.0. The molecule has 1 rings (SSSR count). The maximum atomic E-state index is 4.07. The predicted molar refractivity (Wildman–Crippen MR) is 91.4 cm³/mol. The molecule has 0 bridgehead atoms. The van der Waals surface area contributed by atoms with Crippen LogP contribution >= 0.6 is 0 Å². The lowest BCUT2D eigenvalue weighted by Gasteiger charge is -2.16. The van der Waals surface area contributed by atoms with Crippen molar-refractivity contribution in [2.75, 3.05) is 0 Å². The molecule has 0 N–H and O–H groups in total. The summed E-state index contributed by atoms with van der Waals surface area (Å²) >= 11 is 0. The highest BCUT2D eigenvalue weighted by Gasteiger charge is 2.08. The van der Waals surface area contributed by atoms with Crippen molar-refractivity contribution in [2.45, 2.75) is 54.4 Å². The minimum atomic E-state index is 0. The Bertz CT molecular complexity index is 348. The molecule has 0 heteroatoms. The molecular weight excluding hydrogens is 228 g/mol. The summed E-state index contributed by atoms with van der Waals surface area (Å²) in [6.07, 6.45) is 13.8. The van der Waals surface area contributed by atoms with Gasteiger partial charge in [-0.15, -0.1) is 0 Å². The van der Waals surface area contributed by atoms with Crippen LogP contribution in [0, 0.1) is 5.92 Å². The molecule has 0 heterocycles. The molecule has 0 unspecified atom stereocenters. The number of allylic oxidation sites excluding steroid dienone is 8. The zero-order chi connectivity index (χ0) is 14.0. The zero-order valence-corrected chi connectivity index (χ0v) is 12.5. The van der Waals surface area contributed by atoms with E-state index in [1.807, 2.05) is 26.0 Å². The van der Waals surface area contributed by atoms with E-state index >= 15 is 0 Å². The Morgan fingerprint density at radius 3 is 2.32 bits per heavy atom. The standard InChI is InChI=1S/C16H22.C2H6.CH4/c1-5-6-7-14(4)16-10-8-15(9-11-16)12-13(2)3;1-2;/h5-8,10,13H,1,4,9,11-12H2,2-3H3;1-2H3;1H4/b7-6-;;. The molecule has 0 saturated heterocycles. The van der Waals surface area contributed by atoms with E-state index in [9.17, 15) is 0 Å². The molecule has 1 aliphatic rings. The van der Waals surface area contributed by atoms with Crippen molar-refractivity contribution in [1.82, 2.24) is 0 Å². The van der Waals surface area contributed by atoms with Crippen molar-refractivity contribution in [2.24, 2.45) is 5.92 Å². The minimum Gasteiger partial charge on any atom is -0.0991 e. The Labute approximate surface area is 121 Å². The van der Waals surface area contributed by atoms with Crippen LogP contribution in [0.5, 0.6) is 0 Å². The van der Waals surface area contributed by atoms with E-state index in [1.54, 1.807) is 11.6 Å². The van der Waals surface area contributed by atoms with Crippen LogP contribution < -0.4 is 0 Å². The van der Waals surface area contributed by atoms with Gasteiger partial charge in [-0.25, -0.2) is 0 Å². The fraction of sp³-hybridized carbons (Fsp3) is 0.474. The number of rotatable bonds is 5. The molecule has 0 nitrogen and oxygen atoms in total. The first-order valence-corrected chi connectivity index (χ1v) is 7.00. The summed E-state index contributed by atoms with van der Waals surface area (Å²) in [5, 5.41) is 0. The van der Waals surface area contributed by atoms with Crippen molar-refractivity contribution in [1.29, 1.82) is 0 Å². The summed E-state index contributed by atoms with van der Waals surface area (Å²) in [5.74, 6) is 0.755. The second-order valence-electron chi connectivity index (χ2n) is 4.73. The summed E-state index contributed by atoms with van der Waals surface area (Å²) in [4.78, 5) is 0. The molecule has 0 aliphatic heterocycles. The van der Waals surface area contributed by atoms with E-state index in [4.69, 9.17) is 0 Å². The fourth-order valence-electron chi connectivity index (χ4n) is 1.93. The predicted octanol–water partition coefficient (Wildman–Crippen LogP) is 6.64. The van der Waals surface area contributed by atoms with Gasteiger partial charge in [0.1, 0.15) is 0 Å². The normalized spacial score (nSPS) is 13.9. The minimum absolute atomic E-state index is 0. The van der Waals surface area contributed by atoms with Gasteiger partial charge in [-0.1, -0.05) is 84.2 Å². The maximum absolute atomic E-state index is 4.07. The molecule has 0 spiro atoms. The van der Waals surface area contributed by atoms with E-state index < -0.39 is 0 Å². The van der Waals surface area contributed by atoms with Gasteiger partial charge in [-0.3, -0.25) is 0 Å². The average Bonchev–Trinajstić information content (AvgIpc) is 2.38. The molecule has 1 aliphatic carbocycles. The highest BCUT2D eigenvalue weighted by molar-refractivity contribution is 5.43. The quantitative estimate of drug-likeness (QED) is 0.486. The molecular formula is C19H32. The smallest absolute Gasteiger partial charge is 0.0236 e. The van der Waals surface area contributed by atoms with Gasteiger partial charge in [0.25, 0.3) is 0 Å². The van der Waals surface area contributed by atoms with Crippen LogP contribution in [0.3, 0.4) is 0 Å². The maximum Gasteiger partial charge on any atom is -0.0236 e. The first-order valence-electron chi connectivity index (χ1n) is 7.00. The van der Waals surface area contributed by atoms with Gasteiger partial charge < -0.3 is 0 Å². The third-order valence-electron chi connectivity index (χ3n) is 2.75. The summed E-state index contributed by atoms with van der Waals surface area (Å²) in [6.45, 7) is 16.3. The molecule has 0 fully saturated rings. The van der Waals surface area contributed by atoms with Crippen molar-refractivity contribution >= 4 is 0 Å². The lowest BCUT2D eigenvalue weighted by molar-refractivity contribution is 0.621. The third kappa shape index (κ3) is 8.42. The zero-order valence-electron chi connectivity index (χ0n) is 12.5. The lowest BCUT2D eigenvalue weighted by atomic mass is 9.90. The van der Waals surface area contributed by atoms with E-state index in [0.29, 0.717) is 0 Å². The molecule has 0 atom stereocenters. The molecule has 108 valence electrons. The molecule has 0 aromatic carbocycles. The first-order chi connectivity index (χ1) is 8.63. The van der Waals surface area contributed by atoms with Gasteiger partial charge in [0, 0.05) is 0 Å². The highest BCUT2D eigenvalue weighted by Crippen LogP contribution is 2.27. The van der Waals surface area contributed by atoms with E-state index in [1.165, 1.54) is 18.4 Å². The van der Waals surface area contributed by atoms with Crippen molar-refractivity contribution < 1.29 is 0 Å². The Hall–Kier alpha value is -1.30. The van der Waals surface area contributed by atoms with Crippen LogP contribution in [0.2, 0.25) is 0 Å². The largest absolute Gasteiger partial charge is 0.0991 e. The lowest BCUT2D eigenvalue weighted by Crippen LogP contribution is -1.98. The second-order valence-corrected chi connectivity index (χ2v) is 4.73. The Balaban J connectivity index is 0. The van der Waals surface area contributed by atoms with Crippen LogP contribution in [0.1, 0.15) is 54.4 Å². The van der Waals surface area contributed by atoms with Crippen molar-refractivity contribution in [3.05, 3.63) is 60.3 Å². The molecule has 0 amide bonds. The Kier molecular flexibility index (Phi) is 12.4. The SMILES string of the molecule is C.C=C/C=C\C(=C)C1=CC=C(CC(C)C)CC1.CC. The van der Waals surface area contributed by atoms with Gasteiger partial charge in [-0.2, -0.15) is 0 Å². The fourth-order valence-corrected chi connectivity index (χ4v) is 1.93. The highest BCUT2D eigenvalue weighted by atomic mass is 14.1. The van der Waals surface area contributed by atoms with Gasteiger partial charge in [0.2, 0.25) is 0 Å². The van der Waals surface area contributed by atoms with Crippen LogP contribution in [-0.2, 0) is 0 Å². The summed E-state index contributed by atoms with van der Waals surface area (Å²) in [7, 11) is 0. The van der Waals surface area contributed by atoms with Crippen LogP contribution in [0.15, 0.2) is 60.3 Å². The Morgan fingerprint density at radius 2 is 1.89 bits per heavy atom. The van der Waals surface area contributed by atoms with Crippen molar-refractivity contribution in [3.63, 3.8) is 0 Å². The molecule has 19 heavy (non-hydrogen) atoms. The third-order valence-corrected chi connectivity index (χ3v) is 2.75. The topological polar surface area (TPSA) is 0 Å². The van der Waals surface area contributed by atoms with E-state index in [0.717, 1.165) is 17.9 Å². The monoisotopic (exact) mass is 260 g/mol. The van der Waals surface area contributed by atoms with E-state index in [-0.39, 0.29) is 7.43 Å². The van der Waals surface area contributed by atoms with Gasteiger partial charge in [0.05, 0.1) is 0 Å². The van der Waals surface area contributed by atoms with E-state index in [2.05, 4.69) is 39.2 Å². The summed E-state index contributed by atoms with van der Waals surface area (Å²) < 4.78 is 0. The molecule has 0 saturated carbocycles. The van der Waals surface area contributed by atoms with Crippen LogP contribution in [-0.4, -0.2) is 0 Å². The summed E-state index contributed by atoms with van der Waals surface area (Å²) in [5.41, 5.74) is 4.03. The molecule has 0 aromatic rings. The second kappa shape index (κ2) is 11.8. The van der Waals surface area contributed by atoms with Gasteiger partial charge >= 0.3 is 0 Å². The summed E-state index contributed by atoms with van der Waals surface area (Å²) in [6, 6.07) is 0. The molecule has 0 aromatic heterocycles. The number of hydrogen-bond donors (Lipinski definition) is 0. The average molecular weight is 260 g/mol. The van der Waals surface area contributed by atoms with Gasteiger partial charge in [-0.05, 0) is 36.3 Å².